The summed E-state index contributed by atoms with van der Waals surface area (Å²) in [5.74, 6) is 0.676. The monoisotopic (exact) mass is 394 g/mol. The maximum absolute atomic E-state index is 12.1. The van der Waals surface area contributed by atoms with Gasteiger partial charge in [0.1, 0.15) is 4.21 Å². The quantitative estimate of drug-likeness (QED) is 0.583. The standard InChI is InChI=1S/C18H26N4O2S2/c1-13-6-7-15(14(2)10-13)11-20-18(19-3)21-12-16-8-9-17(25-16)26(23,24)22(4)5/h6-10H,11-12H2,1-5H3,(H2,19,20,21). The molecule has 0 aliphatic rings. The van der Waals surface area contributed by atoms with Crippen LogP contribution in [-0.2, 0) is 23.1 Å². The summed E-state index contributed by atoms with van der Waals surface area (Å²) in [4.78, 5) is 5.15. The predicted molar refractivity (Wildman–Crippen MR) is 108 cm³/mol. The lowest BCUT2D eigenvalue weighted by Gasteiger charge is -2.13. The lowest BCUT2D eigenvalue weighted by atomic mass is 10.1. The molecule has 0 atom stereocenters. The van der Waals surface area contributed by atoms with Gasteiger partial charge in [0, 0.05) is 32.6 Å². The molecule has 0 saturated carbocycles. The van der Waals surface area contributed by atoms with Crippen molar-refractivity contribution in [2.24, 2.45) is 4.99 Å². The molecular weight excluding hydrogens is 368 g/mol. The summed E-state index contributed by atoms with van der Waals surface area (Å²) in [6.07, 6.45) is 0. The van der Waals surface area contributed by atoms with E-state index in [0.29, 0.717) is 23.3 Å². The van der Waals surface area contributed by atoms with Gasteiger partial charge in [-0.3, -0.25) is 4.99 Å². The fourth-order valence-electron chi connectivity index (χ4n) is 2.39. The van der Waals surface area contributed by atoms with Crippen LogP contribution in [0.3, 0.4) is 0 Å². The maximum atomic E-state index is 12.1. The molecule has 8 heteroatoms. The Kier molecular flexibility index (Phi) is 6.80. The molecule has 0 saturated heterocycles. The molecule has 0 spiro atoms. The Morgan fingerprint density at radius 1 is 1.12 bits per heavy atom. The Morgan fingerprint density at radius 2 is 1.81 bits per heavy atom. The number of sulfonamides is 1. The van der Waals surface area contributed by atoms with Crippen LogP contribution in [0.1, 0.15) is 21.6 Å². The summed E-state index contributed by atoms with van der Waals surface area (Å²) >= 11 is 1.26. The van der Waals surface area contributed by atoms with E-state index < -0.39 is 10.0 Å². The van der Waals surface area contributed by atoms with Crippen LogP contribution in [0.5, 0.6) is 0 Å². The van der Waals surface area contributed by atoms with Gasteiger partial charge < -0.3 is 10.6 Å². The van der Waals surface area contributed by atoms with Gasteiger partial charge in [0.15, 0.2) is 5.96 Å². The minimum Gasteiger partial charge on any atom is -0.352 e. The van der Waals surface area contributed by atoms with Gasteiger partial charge in [-0.25, -0.2) is 12.7 Å². The molecule has 1 heterocycles. The molecule has 26 heavy (non-hydrogen) atoms. The number of hydrogen-bond acceptors (Lipinski definition) is 4. The maximum Gasteiger partial charge on any atom is 0.252 e. The van der Waals surface area contributed by atoms with Crippen LogP contribution >= 0.6 is 11.3 Å². The number of thiophene rings is 1. The Balaban J connectivity index is 1.94. The summed E-state index contributed by atoms with van der Waals surface area (Å²) in [7, 11) is 1.41. The summed E-state index contributed by atoms with van der Waals surface area (Å²) < 4.78 is 25.8. The molecule has 2 rings (SSSR count). The molecule has 2 N–H and O–H groups in total. The fourth-order valence-corrected chi connectivity index (χ4v) is 4.85. The molecule has 142 valence electrons. The van der Waals surface area contributed by atoms with Crippen LogP contribution in [0.25, 0.3) is 0 Å². The first-order valence-corrected chi connectivity index (χ1v) is 10.5. The van der Waals surface area contributed by atoms with E-state index in [1.54, 1.807) is 13.1 Å². The van der Waals surface area contributed by atoms with Crippen molar-refractivity contribution >= 4 is 27.3 Å². The molecule has 0 aliphatic carbocycles. The minimum absolute atomic E-state index is 0.345. The van der Waals surface area contributed by atoms with E-state index in [4.69, 9.17) is 0 Å². The minimum atomic E-state index is -3.38. The second-order valence-electron chi connectivity index (χ2n) is 6.22. The average molecular weight is 395 g/mol. The Labute approximate surface area is 160 Å². The van der Waals surface area contributed by atoms with E-state index in [0.717, 1.165) is 4.88 Å². The average Bonchev–Trinajstić information content (AvgIpc) is 3.06. The SMILES string of the molecule is CN=C(NCc1ccc(S(=O)(=O)N(C)C)s1)NCc1ccc(C)cc1C. The largest absolute Gasteiger partial charge is 0.352 e. The first kappa shape index (κ1) is 20.4. The van der Waals surface area contributed by atoms with Crippen LogP contribution in [0.2, 0.25) is 0 Å². The number of nitrogens with one attached hydrogen (secondary N) is 2. The van der Waals surface area contributed by atoms with Gasteiger partial charge in [-0.2, -0.15) is 0 Å². The number of rotatable bonds is 6. The van der Waals surface area contributed by atoms with Crippen LogP contribution in [0.15, 0.2) is 39.5 Å². The van der Waals surface area contributed by atoms with Gasteiger partial charge in [0.25, 0.3) is 10.0 Å². The molecule has 0 fully saturated rings. The van der Waals surface area contributed by atoms with Crippen molar-refractivity contribution in [2.45, 2.75) is 31.1 Å². The third-order valence-electron chi connectivity index (χ3n) is 3.97. The van der Waals surface area contributed by atoms with Crippen LogP contribution in [0, 0.1) is 13.8 Å². The molecule has 0 radical (unpaired) electrons. The van der Waals surface area contributed by atoms with Gasteiger partial charge in [-0.05, 0) is 37.1 Å². The Bertz CT molecular complexity index is 886. The smallest absolute Gasteiger partial charge is 0.252 e. The lowest BCUT2D eigenvalue weighted by molar-refractivity contribution is 0.523. The zero-order chi connectivity index (χ0) is 19.3. The summed E-state index contributed by atoms with van der Waals surface area (Å²) in [5.41, 5.74) is 3.70. The van der Waals surface area contributed by atoms with Crippen molar-refractivity contribution in [1.29, 1.82) is 0 Å². The molecule has 0 amide bonds. The predicted octanol–water partition coefficient (Wildman–Crippen LogP) is 2.48. The van der Waals surface area contributed by atoms with Gasteiger partial charge in [0.05, 0.1) is 6.54 Å². The highest BCUT2D eigenvalue weighted by atomic mass is 32.2. The van der Waals surface area contributed by atoms with E-state index in [2.05, 4.69) is 47.7 Å². The summed E-state index contributed by atoms with van der Waals surface area (Å²) in [6, 6.07) is 9.83. The van der Waals surface area contributed by atoms with Gasteiger partial charge >= 0.3 is 0 Å². The molecule has 1 aromatic heterocycles. The zero-order valence-corrected chi connectivity index (χ0v) is 17.5. The van der Waals surface area contributed by atoms with Crippen molar-refractivity contribution in [3.05, 3.63) is 51.9 Å². The highest BCUT2D eigenvalue weighted by Crippen LogP contribution is 2.23. The first-order chi connectivity index (χ1) is 12.2. The highest BCUT2D eigenvalue weighted by molar-refractivity contribution is 7.91. The normalized spacial score (nSPS) is 12.5. The third kappa shape index (κ3) is 5.06. The number of aryl methyl sites for hydroxylation is 2. The van der Waals surface area contributed by atoms with E-state index in [1.807, 2.05) is 6.07 Å². The van der Waals surface area contributed by atoms with E-state index >= 15 is 0 Å². The molecule has 6 nitrogen and oxygen atoms in total. The topological polar surface area (TPSA) is 73.8 Å². The van der Waals surface area contributed by atoms with Gasteiger partial charge in [-0.1, -0.05) is 23.8 Å². The van der Waals surface area contributed by atoms with Crippen molar-refractivity contribution < 1.29 is 8.42 Å². The number of guanidine groups is 1. The molecule has 0 aliphatic heterocycles. The zero-order valence-electron chi connectivity index (χ0n) is 15.8. The molecule has 0 unspecified atom stereocenters. The molecule has 0 bridgehead atoms. The number of nitrogens with zero attached hydrogens (tertiary/aromatic N) is 2. The summed E-state index contributed by atoms with van der Waals surface area (Å²) in [6.45, 7) is 5.37. The second kappa shape index (κ2) is 8.66. The Hall–Kier alpha value is -1.90. The highest BCUT2D eigenvalue weighted by Gasteiger charge is 2.19. The van der Waals surface area contributed by atoms with E-state index in [9.17, 15) is 8.42 Å². The molecule has 2 aromatic rings. The van der Waals surface area contributed by atoms with Crippen molar-refractivity contribution in [1.82, 2.24) is 14.9 Å². The summed E-state index contributed by atoms with van der Waals surface area (Å²) in [5, 5.41) is 6.51. The number of hydrogen-bond donors (Lipinski definition) is 2. The first-order valence-electron chi connectivity index (χ1n) is 8.26. The van der Waals surface area contributed by atoms with Crippen LogP contribution < -0.4 is 10.6 Å². The third-order valence-corrected chi connectivity index (χ3v) is 7.34. The lowest BCUT2D eigenvalue weighted by Crippen LogP contribution is -2.36. The molecule has 1 aromatic carbocycles. The van der Waals surface area contributed by atoms with Crippen molar-refractivity contribution in [2.75, 3.05) is 21.1 Å². The fraction of sp³-hybridized carbons (Fsp3) is 0.389. The van der Waals surface area contributed by atoms with Crippen molar-refractivity contribution in [3.8, 4) is 0 Å². The Morgan fingerprint density at radius 3 is 2.42 bits per heavy atom. The van der Waals surface area contributed by atoms with E-state index in [1.165, 1.54) is 46.4 Å². The number of benzene rings is 1. The van der Waals surface area contributed by atoms with Crippen molar-refractivity contribution in [3.63, 3.8) is 0 Å². The number of aliphatic imine (C=N–C) groups is 1. The van der Waals surface area contributed by atoms with Gasteiger partial charge in [0.2, 0.25) is 0 Å². The van der Waals surface area contributed by atoms with Gasteiger partial charge in [-0.15, -0.1) is 11.3 Å². The second-order valence-corrected chi connectivity index (χ2v) is 9.76. The van der Waals surface area contributed by atoms with Crippen LogP contribution in [-0.4, -0.2) is 39.8 Å². The van der Waals surface area contributed by atoms with Crippen LogP contribution in [0.4, 0.5) is 0 Å². The van der Waals surface area contributed by atoms with E-state index in [-0.39, 0.29) is 0 Å². The molecular formula is C18H26N4O2S2.